The molecular formula is C21H24N2O4. The van der Waals surface area contributed by atoms with Crippen molar-refractivity contribution in [2.75, 3.05) is 6.61 Å². The van der Waals surface area contributed by atoms with Gasteiger partial charge in [-0.2, -0.15) is 0 Å². The molecule has 3 aliphatic rings. The number of carbonyl (C=O) groups is 2. The fourth-order valence-corrected chi connectivity index (χ4v) is 5.04. The number of hydrogen-bond acceptors (Lipinski definition) is 4. The average molecular weight is 368 g/mol. The molecule has 5 rings (SSSR count). The summed E-state index contributed by atoms with van der Waals surface area (Å²) in [4.78, 5) is 30.7. The zero-order chi connectivity index (χ0) is 18.9. The molecule has 0 saturated carbocycles. The number of para-hydroxylation sites is 1. The van der Waals surface area contributed by atoms with E-state index in [-0.39, 0.29) is 36.0 Å². The predicted molar refractivity (Wildman–Crippen MR) is 99.2 cm³/mol. The van der Waals surface area contributed by atoms with Crippen LogP contribution in [0.5, 0.6) is 0 Å². The van der Waals surface area contributed by atoms with Crippen molar-refractivity contribution in [3.8, 4) is 0 Å². The van der Waals surface area contributed by atoms with Crippen LogP contribution in [0, 0.1) is 11.8 Å². The summed E-state index contributed by atoms with van der Waals surface area (Å²) in [5.41, 5.74) is 2.81. The van der Waals surface area contributed by atoms with Gasteiger partial charge in [-0.1, -0.05) is 18.2 Å². The molecule has 4 atom stereocenters. The number of amides is 1. The maximum atomic E-state index is 13.1. The molecule has 6 nitrogen and oxygen atoms in total. The Hall–Kier alpha value is -2.50. The molecule has 2 saturated heterocycles. The first-order valence-corrected chi connectivity index (χ1v) is 9.61. The lowest BCUT2D eigenvalue weighted by molar-refractivity contribution is -0.142. The van der Waals surface area contributed by atoms with E-state index in [1.165, 1.54) is 10.9 Å². The van der Waals surface area contributed by atoms with Gasteiger partial charge in [0.1, 0.15) is 5.60 Å². The number of rotatable bonds is 0. The third kappa shape index (κ3) is 2.46. The third-order valence-electron chi connectivity index (χ3n) is 6.10. The normalized spacial score (nSPS) is 29.3. The molecule has 1 aromatic carbocycles. The van der Waals surface area contributed by atoms with E-state index in [4.69, 9.17) is 9.47 Å². The first-order chi connectivity index (χ1) is 12.8. The van der Waals surface area contributed by atoms with Crippen molar-refractivity contribution in [3.05, 3.63) is 35.5 Å². The van der Waals surface area contributed by atoms with Gasteiger partial charge in [0.15, 0.2) is 0 Å². The zero-order valence-electron chi connectivity index (χ0n) is 15.8. The van der Waals surface area contributed by atoms with Gasteiger partial charge < -0.3 is 14.5 Å². The van der Waals surface area contributed by atoms with Crippen LogP contribution in [0.3, 0.4) is 0 Å². The summed E-state index contributed by atoms with van der Waals surface area (Å²) >= 11 is 0. The van der Waals surface area contributed by atoms with Crippen molar-refractivity contribution >= 4 is 23.0 Å². The molecule has 142 valence electrons. The molecule has 2 fully saturated rings. The Morgan fingerprint density at radius 2 is 2.07 bits per heavy atom. The summed E-state index contributed by atoms with van der Waals surface area (Å²) in [7, 11) is 0. The number of esters is 1. The minimum Gasteiger partial charge on any atom is -0.465 e. The molecule has 2 aromatic rings. The molecule has 27 heavy (non-hydrogen) atoms. The van der Waals surface area contributed by atoms with E-state index in [2.05, 4.69) is 17.1 Å². The van der Waals surface area contributed by atoms with E-state index in [0.29, 0.717) is 19.4 Å². The molecule has 3 aliphatic heterocycles. The van der Waals surface area contributed by atoms with Crippen LogP contribution in [-0.2, 0) is 20.7 Å². The van der Waals surface area contributed by atoms with Crippen molar-refractivity contribution < 1.29 is 19.1 Å². The molecule has 0 aliphatic carbocycles. The number of ether oxygens (including phenoxy) is 2. The highest BCUT2D eigenvalue weighted by atomic mass is 16.6. The number of aromatic nitrogens is 1. The van der Waals surface area contributed by atoms with Gasteiger partial charge in [0, 0.05) is 28.6 Å². The number of nitrogens with one attached hydrogen (secondary N) is 1. The van der Waals surface area contributed by atoms with Gasteiger partial charge >= 0.3 is 12.1 Å². The topological polar surface area (TPSA) is 71.6 Å². The Morgan fingerprint density at radius 3 is 2.85 bits per heavy atom. The standard InChI is InChI=1S/C21H24N2O4/c1-21(2,3)27-20(25)23-16-8-12-11-6-4-5-7-15(11)22-18(12)17(23)9-13-14(16)10-26-19(13)24/h4-7,13-14,16-17,22H,8-10H2,1-3H3/t13-,14-,16+,17+/m1/s1. The van der Waals surface area contributed by atoms with Gasteiger partial charge in [0.25, 0.3) is 0 Å². The summed E-state index contributed by atoms with van der Waals surface area (Å²) in [6, 6.07) is 7.96. The highest BCUT2D eigenvalue weighted by molar-refractivity contribution is 5.86. The van der Waals surface area contributed by atoms with E-state index in [1.54, 1.807) is 0 Å². The maximum Gasteiger partial charge on any atom is 0.411 e. The highest BCUT2D eigenvalue weighted by Gasteiger charge is 2.55. The van der Waals surface area contributed by atoms with Crippen molar-refractivity contribution in [1.29, 1.82) is 0 Å². The van der Waals surface area contributed by atoms with Crippen LogP contribution in [0.25, 0.3) is 10.9 Å². The van der Waals surface area contributed by atoms with Crippen LogP contribution in [0.4, 0.5) is 4.79 Å². The molecule has 4 heterocycles. The van der Waals surface area contributed by atoms with Crippen molar-refractivity contribution in [3.63, 3.8) is 0 Å². The van der Waals surface area contributed by atoms with E-state index in [0.717, 1.165) is 11.2 Å². The van der Waals surface area contributed by atoms with Gasteiger partial charge in [0.2, 0.25) is 0 Å². The van der Waals surface area contributed by atoms with Crippen LogP contribution in [0.15, 0.2) is 24.3 Å². The predicted octanol–water partition coefficient (Wildman–Crippen LogP) is 3.56. The summed E-state index contributed by atoms with van der Waals surface area (Å²) < 4.78 is 11.1. The second-order valence-corrected chi connectivity index (χ2v) is 8.87. The summed E-state index contributed by atoms with van der Waals surface area (Å²) in [5.74, 6) is -0.236. The second-order valence-electron chi connectivity index (χ2n) is 8.87. The Morgan fingerprint density at radius 1 is 1.30 bits per heavy atom. The summed E-state index contributed by atoms with van der Waals surface area (Å²) in [6.45, 7) is 6.02. The molecule has 0 spiro atoms. The van der Waals surface area contributed by atoms with E-state index in [9.17, 15) is 9.59 Å². The third-order valence-corrected chi connectivity index (χ3v) is 6.10. The number of carbonyl (C=O) groups excluding carboxylic acids is 2. The van der Waals surface area contributed by atoms with Gasteiger partial charge in [-0.05, 0) is 45.2 Å². The van der Waals surface area contributed by atoms with Crippen molar-refractivity contribution in [2.45, 2.75) is 51.3 Å². The summed E-state index contributed by atoms with van der Waals surface area (Å²) in [5, 5.41) is 1.20. The number of cyclic esters (lactones) is 1. The van der Waals surface area contributed by atoms with Crippen molar-refractivity contribution in [1.82, 2.24) is 9.88 Å². The highest BCUT2D eigenvalue weighted by Crippen LogP contribution is 2.50. The molecule has 0 unspecified atom stereocenters. The molecule has 2 bridgehead atoms. The average Bonchev–Trinajstić information content (AvgIpc) is 3.14. The number of piperidine rings is 1. The second kappa shape index (κ2) is 5.50. The molecule has 1 amide bonds. The van der Waals surface area contributed by atoms with Crippen LogP contribution in [0.2, 0.25) is 0 Å². The van der Waals surface area contributed by atoms with Crippen LogP contribution in [-0.4, -0.2) is 40.2 Å². The number of benzene rings is 1. The largest absolute Gasteiger partial charge is 0.465 e. The zero-order valence-corrected chi connectivity index (χ0v) is 15.8. The van der Waals surface area contributed by atoms with Crippen LogP contribution in [0.1, 0.15) is 44.5 Å². The van der Waals surface area contributed by atoms with Crippen molar-refractivity contribution in [2.24, 2.45) is 11.8 Å². The molecular weight excluding hydrogens is 344 g/mol. The van der Waals surface area contributed by atoms with Gasteiger partial charge in [-0.15, -0.1) is 0 Å². The molecule has 1 N–H and O–H groups in total. The number of H-pyrrole nitrogens is 1. The van der Waals surface area contributed by atoms with Gasteiger partial charge in [-0.25, -0.2) is 4.79 Å². The lowest BCUT2D eigenvalue weighted by atomic mass is 9.72. The Balaban J connectivity index is 1.63. The molecule has 6 heteroatoms. The van der Waals surface area contributed by atoms with E-state index < -0.39 is 5.60 Å². The maximum absolute atomic E-state index is 13.1. The van der Waals surface area contributed by atoms with Gasteiger partial charge in [-0.3, -0.25) is 9.69 Å². The lowest BCUT2D eigenvalue weighted by Crippen LogP contribution is -2.57. The Bertz CT molecular complexity index is 941. The number of aromatic amines is 1. The van der Waals surface area contributed by atoms with E-state index in [1.807, 2.05) is 37.8 Å². The quantitative estimate of drug-likeness (QED) is 0.722. The summed E-state index contributed by atoms with van der Waals surface area (Å²) in [6.07, 6.45) is 0.992. The number of nitrogens with zero attached hydrogens (tertiary/aromatic N) is 1. The fraction of sp³-hybridized carbons (Fsp3) is 0.524. The lowest BCUT2D eigenvalue weighted by Gasteiger charge is -2.49. The van der Waals surface area contributed by atoms with E-state index >= 15 is 0 Å². The molecule has 1 aromatic heterocycles. The van der Waals surface area contributed by atoms with Crippen LogP contribution >= 0.6 is 0 Å². The first-order valence-electron chi connectivity index (χ1n) is 9.61. The van der Waals surface area contributed by atoms with Gasteiger partial charge in [0.05, 0.1) is 18.6 Å². The number of fused-ring (bicyclic) bond motifs is 8. The minimum atomic E-state index is -0.562. The monoisotopic (exact) mass is 368 g/mol. The molecule has 0 radical (unpaired) electrons. The van der Waals surface area contributed by atoms with Crippen LogP contribution < -0.4 is 0 Å². The Kier molecular flexibility index (Phi) is 3.39. The first kappa shape index (κ1) is 16.7. The SMILES string of the molecule is CC(C)(C)OC(=O)N1[C@H]2C[C@H]3C(=O)OC[C@H]3[C@@H]1Cc1c2[nH]c2ccccc12. The fourth-order valence-electron chi connectivity index (χ4n) is 5.04. The Labute approximate surface area is 157 Å². The smallest absolute Gasteiger partial charge is 0.411 e. The minimum absolute atomic E-state index is 0.0306. The number of hydrogen-bond donors (Lipinski definition) is 1.